The molecule has 1 nitrogen and oxygen atoms in total. The van der Waals surface area contributed by atoms with Crippen molar-refractivity contribution >= 4 is 0 Å². The van der Waals surface area contributed by atoms with E-state index in [0.717, 1.165) is 6.07 Å². The molecule has 0 amide bonds. The molecule has 0 aliphatic heterocycles. The Kier molecular flexibility index (Phi) is 4.55. The Morgan fingerprint density at radius 2 is 1.11 bits per heavy atom. The molecule has 1 aliphatic carbocycles. The van der Waals surface area contributed by atoms with E-state index in [2.05, 4.69) is 0 Å². The van der Waals surface area contributed by atoms with Crippen LogP contribution in [0.5, 0.6) is 0 Å². The van der Waals surface area contributed by atoms with Gasteiger partial charge in [-0.25, -0.2) is 8.78 Å². The van der Waals surface area contributed by atoms with E-state index in [1.165, 1.54) is 0 Å². The molecule has 0 aromatic heterocycles. The number of benzene rings is 1. The lowest BCUT2D eigenvalue weighted by Crippen LogP contribution is -2.83. The minimum Gasteiger partial charge on any atom is -0.388 e. The van der Waals surface area contributed by atoms with Gasteiger partial charge in [0.05, 0.1) is 6.10 Å². The van der Waals surface area contributed by atoms with E-state index in [9.17, 15) is 57.8 Å². The smallest absolute Gasteiger partial charge is 0.384 e. The van der Waals surface area contributed by atoms with Crippen molar-refractivity contribution in [2.45, 2.75) is 47.8 Å². The fraction of sp³-hybridized carbons (Fsp3) is 0.571. The monoisotopic (exact) mass is 420 g/mol. The summed E-state index contributed by atoms with van der Waals surface area (Å²) in [7, 11) is 0. The van der Waals surface area contributed by atoms with E-state index in [0.29, 0.717) is 12.1 Å². The van der Waals surface area contributed by atoms with Crippen LogP contribution in [0.25, 0.3) is 0 Å². The Balaban J connectivity index is 2.64. The van der Waals surface area contributed by atoms with Crippen LogP contribution in [0, 0.1) is 5.82 Å². The molecule has 1 atom stereocenters. The highest BCUT2D eigenvalue weighted by molar-refractivity contribution is 5.28. The molecule has 0 spiro atoms. The number of hydrogen-bond acceptors (Lipinski definition) is 1. The summed E-state index contributed by atoms with van der Waals surface area (Å²) < 4.78 is 162. The molecule has 0 radical (unpaired) electrons. The third kappa shape index (κ3) is 2.39. The zero-order valence-corrected chi connectivity index (χ0v) is 12.6. The van der Waals surface area contributed by atoms with Gasteiger partial charge in [0.2, 0.25) is 0 Å². The van der Waals surface area contributed by atoms with Crippen LogP contribution < -0.4 is 0 Å². The summed E-state index contributed by atoms with van der Waals surface area (Å²) >= 11 is 0. The van der Waals surface area contributed by atoms with Crippen molar-refractivity contribution in [3.05, 3.63) is 35.6 Å². The number of halogens is 12. The fourth-order valence-corrected chi connectivity index (χ4v) is 2.64. The van der Waals surface area contributed by atoms with Gasteiger partial charge in [-0.15, -0.1) is 0 Å². The van der Waals surface area contributed by atoms with Crippen LogP contribution in [-0.2, 0) is 0 Å². The minimum atomic E-state index is -7.31. The van der Waals surface area contributed by atoms with Crippen LogP contribution in [0.1, 0.15) is 18.1 Å². The van der Waals surface area contributed by atoms with Crippen molar-refractivity contribution in [3.63, 3.8) is 0 Å². The van der Waals surface area contributed by atoms with E-state index in [1.54, 1.807) is 0 Å². The van der Waals surface area contributed by atoms with Gasteiger partial charge >= 0.3 is 29.6 Å². The van der Waals surface area contributed by atoms with Gasteiger partial charge in [-0.2, -0.15) is 43.9 Å². The Bertz CT molecular complexity index is 699. The predicted octanol–water partition coefficient (Wildman–Crippen LogP) is 5.15. The second-order valence-corrected chi connectivity index (χ2v) is 5.95. The Hall–Kier alpha value is -1.66. The van der Waals surface area contributed by atoms with Gasteiger partial charge in [0, 0.05) is 6.42 Å². The zero-order chi connectivity index (χ0) is 21.3. The van der Waals surface area contributed by atoms with Crippen molar-refractivity contribution in [1.29, 1.82) is 0 Å². The number of rotatable bonds is 3. The van der Waals surface area contributed by atoms with Crippen molar-refractivity contribution in [2.24, 2.45) is 0 Å². The van der Waals surface area contributed by atoms with E-state index < -0.39 is 59.2 Å². The summed E-state index contributed by atoms with van der Waals surface area (Å²) in [4.78, 5) is 0. The summed E-state index contributed by atoms with van der Waals surface area (Å²) in [5.74, 6) is -37.0. The number of aliphatic hydroxyl groups excluding tert-OH is 1. The topological polar surface area (TPSA) is 20.2 Å². The van der Waals surface area contributed by atoms with Gasteiger partial charge in [0.15, 0.2) is 0 Å². The highest BCUT2D eigenvalue weighted by atomic mass is 19.4. The molecular weight excluding hydrogens is 412 g/mol. The van der Waals surface area contributed by atoms with E-state index in [-0.39, 0.29) is 6.07 Å². The molecule has 13 heteroatoms. The number of hydrogen-bond donors (Lipinski definition) is 1. The van der Waals surface area contributed by atoms with Crippen molar-refractivity contribution in [1.82, 2.24) is 0 Å². The molecule has 1 fully saturated rings. The van der Waals surface area contributed by atoms with Crippen LogP contribution >= 0.6 is 0 Å². The molecule has 0 bridgehead atoms. The van der Waals surface area contributed by atoms with Crippen LogP contribution in [0.3, 0.4) is 0 Å². The largest absolute Gasteiger partial charge is 0.388 e. The molecule has 0 heterocycles. The van der Waals surface area contributed by atoms with Gasteiger partial charge in [0.1, 0.15) is 5.82 Å². The molecule has 27 heavy (non-hydrogen) atoms. The summed E-state index contributed by atoms with van der Waals surface area (Å²) in [6, 6.07) is 2.42. The first-order valence-electron chi connectivity index (χ1n) is 6.90. The van der Waals surface area contributed by atoms with Gasteiger partial charge in [0.25, 0.3) is 5.67 Å². The summed E-state index contributed by atoms with van der Waals surface area (Å²) in [5.41, 5.74) is -7.22. The van der Waals surface area contributed by atoms with Gasteiger partial charge in [-0.1, -0.05) is 12.1 Å². The average Bonchev–Trinajstić information content (AvgIpc) is 2.52. The maximum absolute atomic E-state index is 14.5. The molecule has 1 aromatic rings. The van der Waals surface area contributed by atoms with Gasteiger partial charge in [-0.05, 0) is 17.7 Å². The van der Waals surface area contributed by atoms with Crippen molar-refractivity contribution in [2.75, 3.05) is 0 Å². The molecule has 1 N–H and O–H groups in total. The first-order chi connectivity index (χ1) is 11.9. The SMILES string of the molecule is OC(CC1(F)C(F)(F)C(F)(F)C(F)(F)C(F)(F)C1(F)F)c1cccc(F)c1. The lowest BCUT2D eigenvalue weighted by Gasteiger charge is -2.52. The zero-order valence-electron chi connectivity index (χ0n) is 12.6. The highest BCUT2D eigenvalue weighted by Gasteiger charge is 3.00. The third-order valence-electron chi connectivity index (χ3n) is 4.28. The number of alkyl halides is 11. The Morgan fingerprint density at radius 1 is 0.704 bits per heavy atom. The van der Waals surface area contributed by atoms with Gasteiger partial charge < -0.3 is 5.11 Å². The molecule has 1 aliphatic rings. The normalized spacial score (nSPS) is 27.7. The second kappa shape index (κ2) is 5.67. The summed E-state index contributed by atoms with van der Waals surface area (Å²) in [6.07, 6.45) is -5.78. The standard InChI is InChI=1S/C14H8F12O/c15-7-3-1-2-6(4-7)8(27)5-9(16)10(17,18)12(21,22)14(25,26)13(23,24)11(9,19)20/h1-4,8,27H,5H2. The Morgan fingerprint density at radius 3 is 1.52 bits per heavy atom. The van der Waals surface area contributed by atoms with Crippen molar-refractivity contribution in [3.8, 4) is 0 Å². The fourth-order valence-electron chi connectivity index (χ4n) is 2.64. The quantitative estimate of drug-likeness (QED) is 0.671. The number of aliphatic hydroxyl groups is 1. The van der Waals surface area contributed by atoms with Crippen LogP contribution in [0.15, 0.2) is 24.3 Å². The molecular formula is C14H8F12O. The first-order valence-corrected chi connectivity index (χ1v) is 6.90. The Labute approximate surface area is 142 Å². The van der Waals surface area contributed by atoms with Crippen LogP contribution in [0.2, 0.25) is 0 Å². The molecule has 0 saturated heterocycles. The molecule has 1 saturated carbocycles. The molecule has 154 valence electrons. The van der Waals surface area contributed by atoms with Crippen LogP contribution in [0.4, 0.5) is 52.7 Å². The highest BCUT2D eigenvalue weighted by Crippen LogP contribution is 2.70. The molecule has 1 aromatic carbocycles. The first kappa shape index (κ1) is 21.6. The average molecular weight is 420 g/mol. The maximum atomic E-state index is 14.5. The van der Waals surface area contributed by atoms with E-state index in [4.69, 9.17) is 0 Å². The van der Waals surface area contributed by atoms with Gasteiger partial charge in [-0.3, -0.25) is 0 Å². The van der Waals surface area contributed by atoms with Crippen molar-refractivity contribution < 1.29 is 57.8 Å². The second-order valence-electron chi connectivity index (χ2n) is 5.95. The predicted molar refractivity (Wildman–Crippen MR) is 64.6 cm³/mol. The lowest BCUT2D eigenvalue weighted by atomic mass is 9.69. The van der Waals surface area contributed by atoms with E-state index in [1.807, 2.05) is 0 Å². The summed E-state index contributed by atoms with van der Waals surface area (Å²) in [6.45, 7) is 0. The third-order valence-corrected chi connectivity index (χ3v) is 4.28. The minimum absolute atomic E-state index is 0.290. The summed E-state index contributed by atoms with van der Waals surface area (Å²) in [5, 5.41) is 9.55. The van der Waals surface area contributed by atoms with Crippen LogP contribution in [-0.4, -0.2) is 40.4 Å². The maximum Gasteiger partial charge on any atom is 0.384 e. The lowest BCUT2D eigenvalue weighted by molar-refractivity contribution is -0.487. The molecule has 2 rings (SSSR count). The molecule has 1 unspecified atom stereocenters. The van der Waals surface area contributed by atoms with E-state index >= 15 is 0 Å².